The van der Waals surface area contributed by atoms with Crippen LogP contribution in [0.5, 0.6) is 11.5 Å². The highest BCUT2D eigenvalue weighted by Gasteiger charge is 2.30. The Labute approximate surface area is 281 Å². The molecule has 4 aromatic rings. The van der Waals surface area contributed by atoms with Crippen LogP contribution >= 0.6 is 11.8 Å². The molecular weight excluding hydrogens is 645 g/mol. The van der Waals surface area contributed by atoms with E-state index in [4.69, 9.17) is 19.9 Å². The minimum atomic E-state index is -4.45. The summed E-state index contributed by atoms with van der Waals surface area (Å²) in [4.78, 5) is 31.0. The summed E-state index contributed by atoms with van der Waals surface area (Å²) >= 11 is 1.50. The van der Waals surface area contributed by atoms with E-state index >= 15 is 0 Å². The third kappa shape index (κ3) is 10.5. The van der Waals surface area contributed by atoms with Crippen LogP contribution < -0.4 is 25.8 Å². The van der Waals surface area contributed by atoms with Gasteiger partial charge in [0.2, 0.25) is 0 Å². The van der Waals surface area contributed by atoms with Crippen molar-refractivity contribution < 1.29 is 37.0 Å². The van der Waals surface area contributed by atoms with E-state index in [2.05, 4.69) is 22.5 Å². The SMILES string of the molecule is CCCCC(C)OC(=O)[C@H](N)CCCOc1cc2nccc(Sc3ccc(NC(=O)Nc4ccc(C(F)(F)F)cc4)cc3)c2cc1OC. The molecule has 0 aliphatic rings. The summed E-state index contributed by atoms with van der Waals surface area (Å²) in [5, 5.41) is 6.05. The number of methoxy groups -OCH3 is 1. The number of unbranched alkanes of at least 4 members (excludes halogenated alkanes) is 1. The van der Waals surface area contributed by atoms with Gasteiger partial charge in [0.25, 0.3) is 0 Å². The Hall–Kier alpha value is -4.49. The van der Waals surface area contributed by atoms with Crippen molar-refractivity contribution in [2.45, 2.75) is 74.1 Å². The molecule has 0 aliphatic heterocycles. The van der Waals surface area contributed by atoms with Gasteiger partial charge in [-0.3, -0.25) is 9.78 Å². The average molecular weight is 685 g/mol. The van der Waals surface area contributed by atoms with E-state index in [-0.39, 0.29) is 11.8 Å². The molecule has 13 heteroatoms. The molecular formula is C35H39F3N4O5S. The smallest absolute Gasteiger partial charge is 0.416 e. The minimum absolute atomic E-state index is 0.155. The summed E-state index contributed by atoms with van der Waals surface area (Å²) in [6.07, 6.45) is 0.917. The van der Waals surface area contributed by atoms with Crippen LogP contribution in [0.1, 0.15) is 51.5 Å². The Morgan fingerprint density at radius 3 is 2.23 bits per heavy atom. The number of nitrogens with one attached hydrogen (secondary N) is 2. The van der Waals surface area contributed by atoms with E-state index < -0.39 is 29.8 Å². The number of pyridine rings is 1. The second-order valence-electron chi connectivity index (χ2n) is 11.1. The number of fused-ring (bicyclic) bond motifs is 1. The fourth-order valence-corrected chi connectivity index (χ4v) is 5.63. The molecule has 0 aliphatic carbocycles. The van der Waals surface area contributed by atoms with Crippen molar-refractivity contribution in [3.8, 4) is 11.5 Å². The number of hydrogen-bond donors (Lipinski definition) is 3. The Kier molecular flexibility index (Phi) is 12.9. The molecule has 0 bridgehead atoms. The normalized spacial score (nSPS) is 12.6. The first-order valence-electron chi connectivity index (χ1n) is 15.6. The Morgan fingerprint density at radius 1 is 0.938 bits per heavy atom. The number of hydrogen-bond acceptors (Lipinski definition) is 8. The Morgan fingerprint density at radius 2 is 1.60 bits per heavy atom. The standard InChI is InChI=1S/C35H39F3N4O5S/c1-4-5-7-22(2)47-33(43)28(39)8-6-19-46-31-21-29-27(20-30(31)45-3)32(17-18-40-29)48-26-15-13-25(14-16-26)42-34(44)41-24-11-9-23(10-12-24)35(36,37)38/h9-18,20-22,28H,4-8,19,39H2,1-3H3,(H2,41,42,44)/t22?,28-/m1/s1. The van der Waals surface area contributed by atoms with E-state index in [1.165, 1.54) is 23.9 Å². The first-order chi connectivity index (χ1) is 23.0. The van der Waals surface area contributed by atoms with Gasteiger partial charge in [-0.05, 0) is 86.8 Å². The zero-order valence-corrected chi connectivity index (χ0v) is 27.7. The first kappa shape index (κ1) is 36.3. The molecule has 256 valence electrons. The maximum atomic E-state index is 12.8. The molecule has 2 amide bonds. The van der Waals surface area contributed by atoms with Gasteiger partial charge >= 0.3 is 18.2 Å². The minimum Gasteiger partial charge on any atom is -0.493 e. The molecule has 0 fully saturated rings. The largest absolute Gasteiger partial charge is 0.493 e. The summed E-state index contributed by atoms with van der Waals surface area (Å²) in [5.41, 5.74) is 6.69. The summed E-state index contributed by atoms with van der Waals surface area (Å²) in [6.45, 7) is 4.29. The molecule has 48 heavy (non-hydrogen) atoms. The number of carbonyl (C=O) groups excluding carboxylic acids is 2. The van der Waals surface area contributed by atoms with E-state index in [0.29, 0.717) is 42.2 Å². The van der Waals surface area contributed by atoms with Crippen molar-refractivity contribution in [1.29, 1.82) is 0 Å². The molecule has 0 spiro atoms. The quantitative estimate of drug-likeness (QED) is 0.0840. The zero-order valence-electron chi connectivity index (χ0n) is 26.9. The van der Waals surface area contributed by atoms with E-state index in [1.807, 2.05) is 37.3 Å². The molecule has 1 aromatic heterocycles. The lowest BCUT2D eigenvalue weighted by Crippen LogP contribution is -2.34. The van der Waals surface area contributed by atoms with Crippen LogP contribution in [0.3, 0.4) is 0 Å². The number of amides is 2. The highest BCUT2D eigenvalue weighted by Crippen LogP contribution is 2.39. The van der Waals surface area contributed by atoms with Gasteiger partial charge in [-0.15, -0.1) is 0 Å². The van der Waals surface area contributed by atoms with Crippen LogP contribution in [-0.4, -0.2) is 42.8 Å². The van der Waals surface area contributed by atoms with Gasteiger partial charge in [0, 0.05) is 38.8 Å². The summed E-state index contributed by atoms with van der Waals surface area (Å²) in [6, 6.07) is 15.6. The molecule has 0 saturated heterocycles. The molecule has 9 nitrogen and oxygen atoms in total. The molecule has 4 rings (SSSR count). The van der Waals surface area contributed by atoms with Crippen molar-refractivity contribution >= 4 is 46.0 Å². The van der Waals surface area contributed by atoms with Gasteiger partial charge in [0.15, 0.2) is 11.5 Å². The van der Waals surface area contributed by atoms with Crippen molar-refractivity contribution in [3.63, 3.8) is 0 Å². The number of aromatic nitrogens is 1. The molecule has 1 heterocycles. The Bertz CT molecular complexity index is 1670. The van der Waals surface area contributed by atoms with Gasteiger partial charge in [0.05, 0.1) is 30.9 Å². The second-order valence-corrected chi connectivity index (χ2v) is 12.2. The van der Waals surface area contributed by atoms with E-state index in [9.17, 15) is 22.8 Å². The number of ether oxygens (including phenoxy) is 3. The topological polar surface area (TPSA) is 125 Å². The van der Waals surface area contributed by atoms with Crippen molar-refractivity contribution in [1.82, 2.24) is 4.98 Å². The van der Waals surface area contributed by atoms with Crippen molar-refractivity contribution in [2.75, 3.05) is 24.4 Å². The number of nitrogens with zero attached hydrogens (tertiary/aromatic N) is 1. The average Bonchev–Trinajstić information content (AvgIpc) is 3.06. The Balaban J connectivity index is 1.32. The van der Waals surface area contributed by atoms with Gasteiger partial charge in [-0.1, -0.05) is 31.5 Å². The third-order valence-electron chi connectivity index (χ3n) is 7.30. The number of rotatable bonds is 15. The number of nitrogens with two attached hydrogens (primary N) is 1. The van der Waals surface area contributed by atoms with Gasteiger partial charge in [-0.25, -0.2) is 4.79 Å². The molecule has 3 aromatic carbocycles. The number of anilines is 2. The van der Waals surface area contributed by atoms with Crippen LogP contribution in [-0.2, 0) is 15.7 Å². The number of halogens is 3. The van der Waals surface area contributed by atoms with Crippen LogP contribution in [0.4, 0.5) is 29.3 Å². The van der Waals surface area contributed by atoms with Crippen LogP contribution in [0, 0.1) is 0 Å². The van der Waals surface area contributed by atoms with Gasteiger partial charge in [-0.2, -0.15) is 13.2 Å². The number of benzene rings is 3. The first-order valence-corrected chi connectivity index (χ1v) is 16.4. The number of alkyl halides is 3. The van der Waals surface area contributed by atoms with E-state index in [0.717, 1.165) is 46.6 Å². The lowest BCUT2D eigenvalue weighted by atomic mass is 10.1. The summed E-state index contributed by atoms with van der Waals surface area (Å²) < 4.78 is 55.4. The molecule has 0 radical (unpaired) electrons. The fourth-order valence-electron chi connectivity index (χ4n) is 4.70. The number of urea groups is 1. The summed E-state index contributed by atoms with van der Waals surface area (Å²) in [7, 11) is 1.56. The predicted octanol–water partition coefficient (Wildman–Crippen LogP) is 8.67. The maximum Gasteiger partial charge on any atom is 0.416 e. The third-order valence-corrected chi connectivity index (χ3v) is 8.38. The molecule has 0 saturated carbocycles. The van der Waals surface area contributed by atoms with Crippen LogP contribution in [0.15, 0.2) is 82.7 Å². The van der Waals surface area contributed by atoms with Crippen LogP contribution in [0.2, 0.25) is 0 Å². The number of carbonyl (C=O) groups is 2. The lowest BCUT2D eigenvalue weighted by molar-refractivity contribution is -0.150. The van der Waals surface area contributed by atoms with Crippen molar-refractivity contribution in [3.05, 3.63) is 78.5 Å². The lowest BCUT2D eigenvalue weighted by Gasteiger charge is -2.17. The molecule has 1 unspecified atom stereocenters. The van der Waals surface area contributed by atoms with Gasteiger partial charge in [0.1, 0.15) is 6.04 Å². The van der Waals surface area contributed by atoms with E-state index in [1.54, 1.807) is 25.4 Å². The monoisotopic (exact) mass is 684 g/mol. The highest BCUT2D eigenvalue weighted by atomic mass is 32.2. The second kappa shape index (κ2) is 17.1. The van der Waals surface area contributed by atoms with Crippen molar-refractivity contribution in [2.24, 2.45) is 5.73 Å². The predicted molar refractivity (Wildman–Crippen MR) is 181 cm³/mol. The van der Waals surface area contributed by atoms with Crippen LogP contribution in [0.25, 0.3) is 10.9 Å². The highest BCUT2D eigenvalue weighted by molar-refractivity contribution is 7.99. The maximum absolute atomic E-state index is 12.8. The van der Waals surface area contributed by atoms with Gasteiger partial charge < -0.3 is 30.6 Å². The molecule has 2 atom stereocenters. The fraction of sp³-hybridized carbons (Fsp3) is 0.343. The molecule has 4 N–H and O–H groups in total. The zero-order chi connectivity index (χ0) is 34.7. The number of esters is 1. The summed E-state index contributed by atoms with van der Waals surface area (Å²) in [5.74, 6) is 0.655.